The molecule has 0 aromatic heterocycles. The number of hydrogen-bond acceptors (Lipinski definition) is 4. The third-order valence-electron chi connectivity index (χ3n) is 5.82. The predicted octanol–water partition coefficient (Wildman–Crippen LogP) is 1.38. The molecule has 1 amide bonds. The molecule has 1 atom stereocenters. The van der Waals surface area contributed by atoms with Crippen molar-refractivity contribution in [3.63, 3.8) is 0 Å². The van der Waals surface area contributed by atoms with Gasteiger partial charge in [-0.1, -0.05) is 12.2 Å². The Bertz CT molecular complexity index is 600. The molecule has 2 aliphatic heterocycles. The lowest BCUT2D eigenvalue weighted by Crippen LogP contribution is -2.57. The highest BCUT2D eigenvalue weighted by Crippen LogP contribution is 2.43. The standard InChI is InChI=1S/C17H28N2O4S/c1-23-13-15-7-8-17(19(15)24(2,21)22)9-11-18(12-10-17)16(20)14-5-3-4-6-14/h3-4,14-15H,5-13H2,1-2H3/t15-/m0/s1. The molecule has 0 aromatic rings. The van der Waals surface area contributed by atoms with Crippen molar-refractivity contribution in [3.05, 3.63) is 12.2 Å². The minimum Gasteiger partial charge on any atom is -0.383 e. The summed E-state index contributed by atoms with van der Waals surface area (Å²) in [6, 6.07) is -0.0775. The zero-order chi connectivity index (χ0) is 17.4. The summed E-state index contributed by atoms with van der Waals surface area (Å²) in [7, 11) is -1.68. The third kappa shape index (κ3) is 3.26. The lowest BCUT2D eigenvalue weighted by molar-refractivity contribution is -0.137. The number of methoxy groups -OCH3 is 1. The summed E-state index contributed by atoms with van der Waals surface area (Å²) in [5, 5.41) is 0. The number of sulfonamides is 1. The molecule has 0 unspecified atom stereocenters. The van der Waals surface area contributed by atoms with Crippen LogP contribution in [0, 0.1) is 5.92 Å². The van der Waals surface area contributed by atoms with E-state index in [0.29, 0.717) is 19.7 Å². The topological polar surface area (TPSA) is 66.9 Å². The molecular weight excluding hydrogens is 328 g/mol. The van der Waals surface area contributed by atoms with Crippen molar-refractivity contribution in [2.24, 2.45) is 5.92 Å². The number of allylic oxidation sites excluding steroid dienone is 2. The zero-order valence-electron chi connectivity index (χ0n) is 14.6. The quantitative estimate of drug-likeness (QED) is 0.714. The number of carbonyl (C=O) groups is 1. The normalized spacial score (nSPS) is 28.1. The van der Waals surface area contributed by atoms with Crippen LogP contribution in [0.4, 0.5) is 0 Å². The van der Waals surface area contributed by atoms with Gasteiger partial charge in [0.1, 0.15) is 0 Å². The van der Waals surface area contributed by atoms with Gasteiger partial charge >= 0.3 is 0 Å². The summed E-state index contributed by atoms with van der Waals surface area (Å²) in [5.41, 5.74) is -0.332. The van der Waals surface area contributed by atoms with Gasteiger partial charge in [-0.05, 0) is 38.5 Å². The van der Waals surface area contributed by atoms with E-state index in [0.717, 1.165) is 38.5 Å². The Morgan fingerprint density at radius 3 is 2.38 bits per heavy atom. The van der Waals surface area contributed by atoms with E-state index in [4.69, 9.17) is 4.74 Å². The molecule has 2 heterocycles. The highest BCUT2D eigenvalue weighted by Gasteiger charge is 2.52. The Morgan fingerprint density at radius 1 is 1.21 bits per heavy atom. The average Bonchev–Trinajstić information content (AvgIpc) is 3.16. The Balaban J connectivity index is 1.70. The van der Waals surface area contributed by atoms with Crippen LogP contribution in [0.5, 0.6) is 0 Å². The summed E-state index contributed by atoms with van der Waals surface area (Å²) in [6.07, 6.45) is 10.3. The van der Waals surface area contributed by atoms with Crippen LogP contribution in [-0.4, -0.2) is 68.2 Å². The summed E-state index contributed by atoms with van der Waals surface area (Å²) < 4.78 is 31.7. The molecule has 0 aromatic carbocycles. The molecule has 7 heteroatoms. The Labute approximate surface area is 144 Å². The fourth-order valence-electron chi connectivity index (χ4n) is 4.71. The molecule has 0 N–H and O–H groups in total. The minimum atomic E-state index is -3.30. The van der Waals surface area contributed by atoms with E-state index in [9.17, 15) is 13.2 Å². The van der Waals surface area contributed by atoms with E-state index in [1.165, 1.54) is 6.26 Å². The number of nitrogens with zero attached hydrogens (tertiary/aromatic N) is 2. The molecule has 3 rings (SSSR count). The maximum absolute atomic E-state index is 12.6. The molecule has 0 saturated carbocycles. The SMILES string of the molecule is COC[C@@H]1CCC2(CCN(C(=O)C3CC=CC3)CC2)N1S(C)(=O)=O. The van der Waals surface area contributed by atoms with Gasteiger partial charge < -0.3 is 9.64 Å². The average molecular weight is 356 g/mol. The second-order valence-electron chi connectivity index (χ2n) is 7.40. The van der Waals surface area contributed by atoms with Crippen LogP contribution < -0.4 is 0 Å². The van der Waals surface area contributed by atoms with Crippen molar-refractivity contribution in [3.8, 4) is 0 Å². The summed E-state index contributed by atoms with van der Waals surface area (Å²) in [4.78, 5) is 14.5. The fraction of sp³-hybridized carbons (Fsp3) is 0.824. The minimum absolute atomic E-state index is 0.0775. The number of hydrogen-bond donors (Lipinski definition) is 0. The van der Waals surface area contributed by atoms with Gasteiger partial charge in [0.15, 0.2) is 0 Å². The van der Waals surface area contributed by atoms with Crippen LogP contribution in [0.1, 0.15) is 38.5 Å². The van der Waals surface area contributed by atoms with Gasteiger partial charge in [-0.2, -0.15) is 4.31 Å². The molecule has 0 bridgehead atoms. The monoisotopic (exact) mass is 356 g/mol. The first-order chi connectivity index (χ1) is 11.4. The number of ether oxygens (including phenoxy) is 1. The Morgan fingerprint density at radius 2 is 1.83 bits per heavy atom. The number of likely N-dealkylation sites (tertiary alicyclic amines) is 1. The predicted molar refractivity (Wildman–Crippen MR) is 92.0 cm³/mol. The van der Waals surface area contributed by atoms with Crippen molar-refractivity contribution < 1.29 is 17.9 Å². The molecule has 2 saturated heterocycles. The van der Waals surface area contributed by atoms with Crippen LogP contribution in [0.25, 0.3) is 0 Å². The van der Waals surface area contributed by atoms with E-state index >= 15 is 0 Å². The van der Waals surface area contributed by atoms with Crippen molar-refractivity contribution in [2.45, 2.75) is 50.1 Å². The number of piperidine rings is 1. The summed E-state index contributed by atoms with van der Waals surface area (Å²) >= 11 is 0. The van der Waals surface area contributed by atoms with Crippen LogP contribution in [0.2, 0.25) is 0 Å². The van der Waals surface area contributed by atoms with Crippen LogP contribution in [0.3, 0.4) is 0 Å². The van der Waals surface area contributed by atoms with Gasteiger partial charge in [-0.3, -0.25) is 4.79 Å². The first kappa shape index (κ1) is 17.9. The summed E-state index contributed by atoms with van der Waals surface area (Å²) in [5.74, 6) is 0.321. The molecule has 3 aliphatic rings. The van der Waals surface area contributed by atoms with Crippen molar-refractivity contribution in [1.29, 1.82) is 0 Å². The van der Waals surface area contributed by atoms with Crippen LogP contribution in [0.15, 0.2) is 12.2 Å². The second kappa shape index (κ2) is 6.77. The van der Waals surface area contributed by atoms with Gasteiger partial charge in [0.05, 0.1) is 12.9 Å². The van der Waals surface area contributed by atoms with Gasteiger partial charge in [0.25, 0.3) is 0 Å². The molecule has 2 fully saturated rings. The van der Waals surface area contributed by atoms with E-state index in [1.807, 2.05) is 4.90 Å². The largest absolute Gasteiger partial charge is 0.383 e. The van der Waals surface area contributed by atoms with Gasteiger partial charge in [-0.25, -0.2) is 8.42 Å². The molecule has 24 heavy (non-hydrogen) atoms. The molecule has 6 nitrogen and oxygen atoms in total. The smallest absolute Gasteiger partial charge is 0.226 e. The highest BCUT2D eigenvalue weighted by molar-refractivity contribution is 7.88. The van der Waals surface area contributed by atoms with Crippen LogP contribution in [-0.2, 0) is 19.6 Å². The number of amides is 1. The number of rotatable bonds is 4. The van der Waals surface area contributed by atoms with Gasteiger partial charge in [0.2, 0.25) is 15.9 Å². The van der Waals surface area contributed by atoms with E-state index < -0.39 is 10.0 Å². The van der Waals surface area contributed by atoms with Crippen molar-refractivity contribution >= 4 is 15.9 Å². The molecule has 1 aliphatic carbocycles. The van der Waals surface area contributed by atoms with E-state index in [2.05, 4.69) is 12.2 Å². The fourth-order valence-corrected chi connectivity index (χ4v) is 6.39. The van der Waals surface area contributed by atoms with Crippen molar-refractivity contribution in [2.75, 3.05) is 33.1 Å². The lowest BCUT2D eigenvalue weighted by Gasteiger charge is -2.45. The Hall–Kier alpha value is -0.920. The van der Waals surface area contributed by atoms with Gasteiger partial charge in [0, 0.05) is 37.7 Å². The molecule has 1 spiro atoms. The van der Waals surface area contributed by atoms with E-state index in [-0.39, 0.29) is 23.4 Å². The molecular formula is C17H28N2O4S. The Kier molecular flexibility index (Phi) is 5.04. The van der Waals surface area contributed by atoms with Crippen molar-refractivity contribution in [1.82, 2.24) is 9.21 Å². The highest BCUT2D eigenvalue weighted by atomic mass is 32.2. The van der Waals surface area contributed by atoms with E-state index in [1.54, 1.807) is 11.4 Å². The maximum atomic E-state index is 12.6. The number of carbonyl (C=O) groups excluding carboxylic acids is 1. The second-order valence-corrected chi connectivity index (χ2v) is 9.26. The maximum Gasteiger partial charge on any atom is 0.226 e. The molecule has 136 valence electrons. The van der Waals surface area contributed by atoms with Crippen LogP contribution >= 0.6 is 0 Å². The summed E-state index contributed by atoms with van der Waals surface area (Å²) in [6.45, 7) is 1.74. The lowest BCUT2D eigenvalue weighted by atomic mass is 9.85. The van der Waals surface area contributed by atoms with Gasteiger partial charge in [-0.15, -0.1) is 0 Å². The first-order valence-electron chi connectivity index (χ1n) is 8.80. The molecule has 0 radical (unpaired) electrons. The first-order valence-corrected chi connectivity index (χ1v) is 10.6. The third-order valence-corrected chi connectivity index (χ3v) is 7.22. The zero-order valence-corrected chi connectivity index (χ0v) is 15.4.